The second kappa shape index (κ2) is 10.8. The highest BCUT2D eigenvalue weighted by Crippen LogP contribution is 2.35. The van der Waals surface area contributed by atoms with E-state index in [2.05, 4.69) is 10.3 Å². The molecule has 2 aromatic carbocycles. The summed E-state index contributed by atoms with van der Waals surface area (Å²) in [6.45, 7) is 0.525. The summed E-state index contributed by atoms with van der Waals surface area (Å²) in [5, 5.41) is 25.7. The van der Waals surface area contributed by atoms with Crippen LogP contribution in [0, 0.1) is 0 Å². The molecule has 0 spiro atoms. The van der Waals surface area contributed by atoms with Crippen molar-refractivity contribution in [3.8, 4) is 5.75 Å². The van der Waals surface area contributed by atoms with E-state index in [1.807, 2.05) is 66.1 Å². The van der Waals surface area contributed by atoms with Gasteiger partial charge >= 0.3 is 0 Å². The molecule has 1 unspecified atom stereocenters. The molecule has 4 aromatic rings. The number of hydrogen-bond acceptors (Lipinski definition) is 7. The molecule has 0 amide bonds. The number of nitrogens with two attached hydrogens (primary N) is 1. The lowest BCUT2D eigenvalue weighted by atomic mass is 10.1. The molecule has 0 saturated carbocycles. The van der Waals surface area contributed by atoms with Crippen LogP contribution in [0.3, 0.4) is 0 Å². The number of aromatic nitrogens is 1. The zero-order chi connectivity index (χ0) is 23.2. The molecule has 8 heteroatoms. The van der Waals surface area contributed by atoms with Crippen molar-refractivity contribution >= 4 is 51.0 Å². The smallest absolute Gasteiger partial charge is 0.134 e. The number of benzene rings is 2. The summed E-state index contributed by atoms with van der Waals surface area (Å²) in [4.78, 5) is 4.25. The first kappa shape index (κ1) is 23.2. The van der Waals surface area contributed by atoms with E-state index in [0.717, 1.165) is 32.5 Å². The molecule has 2 heterocycles. The van der Waals surface area contributed by atoms with Gasteiger partial charge in [0, 0.05) is 39.0 Å². The number of pyridine rings is 1. The molecule has 0 bridgehead atoms. The second-order valence-corrected chi connectivity index (χ2v) is 8.71. The molecule has 33 heavy (non-hydrogen) atoms. The number of aliphatic hydroxyl groups excluding tert-OH is 2. The Morgan fingerprint density at radius 3 is 2.73 bits per heavy atom. The fraction of sp³-hybridized carbons (Fsp3) is 0.160. The molecule has 0 aliphatic rings. The Morgan fingerprint density at radius 2 is 1.94 bits per heavy atom. The van der Waals surface area contributed by atoms with E-state index in [9.17, 15) is 5.11 Å². The normalized spacial score (nSPS) is 12.5. The van der Waals surface area contributed by atoms with Gasteiger partial charge in [0.05, 0.1) is 6.61 Å². The molecule has 0 aliphatic heterocycles. The van der Waals surface area contributed by atoms with Gasteiger partial charge < -0.3 is 20.7 Å². The molecular weight excluding hydrogens is 458 g/mol. The predicted octanol–water partition coefficient (Wildman–Crippen LogP) is 4.85. The van der Waals surface area contributed by atoms with Crippen molar-refractivity contribution in [3.05, 3.63) is 87.4 Å². The van der Waals surface area contributed by atoms with Crippen LogP contribution < -0.4 is 15.8 Å². The average Bonchev–Trinajstić information content (AvgIpc) is 3.26. The molecule has 5 N–H and O–H groups in total. The van der Waals surface area contributed by atoms with Crippen LogP contribution in [0.5, 0.6) is 5.75 Å². The van der Waals surface area contributed by atoms with Gasteiger partial charge in [0.2, 0.25) is 0 Å². The maximum absolute atomic E-state index is 10.4. The van der Waals surface area contributed by atoms with E-state index in [1.165, 1.54) is 11.3 Å². The number of rotatable bonds is 9. The molecule has 0 radical (unpaired) electrons. The summed E-state index contributed by atoms with van der Waals surface area (Å²) in [5.74, 6) is 1.13. The molecule has 2 aromatic heterocycles. The number of ether oxygens (including phenoxy) is 1. The number of nitrogen functional groups attached to an aromatic ring is 1. The van der Waals surface area contributed by atoms with Gasteiger partial charge in [-0.3, -0.25) is 5.32 Å². The monoisotopic (exact) mass is 481 g/mol. The van der Waals surface area contributed by atoms with Crippen molar-refractivity contribution in [3.63, 3.8) is 0 Å². The average molecular weight is 482 g/mol. The Balaban J connectivity index is 1.49. The van der Waals surface area contributed by atoms with Crippen molar-refractivity contribution in [1.82, 2.24) is 10.3 Å². The lowest BCUT2D eigenvalue weighted by molar-refractivity contribution is 0.130. The van der Waals surface area contributed by atoms with Gasteiger partial charge in [0.1, 0.15) is 24.4 Å². The zero-order valence-electron chi connectivity index (χ0n) is 17.7. The third-order valence-corrected chi connectivity index (χ3v) is 6.39. The number of nitrogens with one attached hydrogen (secondary N) is 1. The predicted molar refractivity (Wildman–Crippen MR) is 135 cm³/mol. The molecule has 170 valence electrons. The number of nitrogens with zero attached hydrogens (tertiary/aromatic N) is 1. The number of fused-ring (bicyclic) bond motifs is 1. The SMILES string of the molecule is Nc1ncc(C(O)NCCO)c2scc(COc3cccc(/C=C/c4ccc(Cl)cc4)c3)c12. The van der Waals surface area contributed by atoms with E-state index in [1.54, 1.807) is 6.20 Å². The highest BCUT2D eigenvalue weighted by atomic mass is 35.5. The maximum Gasteiger partial charge on any atom is 0.134 e. The fourth-order valence-electron chi connectivity index (χ4n) is 3.40. The first-order chi connectivity index (χ1) is 16.0. The third kappa shape index (κ3) is 5.71. The molecule has 6 nitrogen and oxygen atoms in total. The van der Waals surface area contributed by atoms with Crippen molar-refractivity contribution in [2.24, 2.45) is 0 Å². The maximum atomic E-state index is 10.4. The van der Waals surface area contributed by atoms with Crippen LogP contribution in [0.25, 0.3) is 22.2 Å². The lowest BCUT2D eigenvalue weighted by Gasteiger charge is -2.14. The number of thiophene rings is 1. The van der Waals surface area contributed by atoms with E-state index in [0.29, 0.717) is 23.0 Å². The Labute approximate surface area is 200 Å². The Kier molecular flexibility index (Phi) is 7.59. The number of hydrogen-bond donors (Lipinski definition) is 4. The standard InChI is InChI=1S/C25H24ClN3O3S/c26-19-8-6-16(7-9-19)4-5-17-2-1-3-20(12-17)32-14-18-15-33-23-21(25(31)28-10-11-30)13-29-24(27)22(18)23/h1-9,12-13,15,25,28,30-31H,10-11,14H2,(H2,27,29)/b5-4+. The quantitative estimate of drug-likeness (QED) is 0.201. The molecular formula is C25H24ClN3O3S. The van der Waals surface area contributed by atoms with Gasteiger partial charge in [0.25, 0.3) is 0 Å². The summed E-state index contributed by atoms with van der Waals surface area (Å²) in [7, 11) is 0. The Bertz CT molecular complexity index is 1260. The Morgan fingerprint density at radius 1 is 1.15 bits per heavy atom. The largest absolute Gasteiger partial charge is 0.489 e. The van der Waals surface area contributed by atoms with Crippen molar-refractivity contribution in [2.45, 2.75) is 12.8 Å². The highest BCUT2D eigenvalue weighted by molar-refractivity contribution is 7.17. The molecule has 0 fully saturated rings. The minimum absolute atomic E-state index is 0.0694. The molecule has 1 atom stereocenters. The van der Waals surface area contributed by atoms with Crippen LogP contribution >= 0.6 is 22.9 Å². The van der Waals surface area contributed by atoms with E-state index >= 15 is 0 Å². The minimum atomic E-state index is -0.940. The van der Waals surface area contributed by atoms with Crippen LogP contribution in [0.15, 0.2) is 60.1 Å². The molecule has 0 saturated heterocycles. The van der Waals surface area contributed by atoms with Gasteiger partial charge in [-0.25, -0.2) is 4.98 Å². The molecule has 4 rings (SSSR count). The fourth-order valence-corrected chi connectivity index (χ4v) is 4.62. The summed E-state index contributed by atoms with van der Waals surface area (Å²) in [6.07, 6.45) is 4.66. The third-order valence-electron chi connectivity index (χ3n) is 5.06. The van der Waals surface area contributed by atoms with Gasteiger partial charge in [0.15, 0.2) is 0 Å². The van der Waals surface area contributed by atoms with Crippen molar-refractivity contribution in [2.75, 3.05) is 18.9 Å². The number of halogens is 1. The van der Waals surface area contributed by atoms with E-state index < -0.39 is 6.23 Å². The topological polar surface area (TPSA) is 101 Å². The summed E-state index contributed by atoms with van der Waals surface area (Å²) in [6, 6.07) is 15.5. The van der Waals surface area contributed by atoms with Crippen LogP contribution in [-0.2, 0) is 6.61 Å². The van der Waals surface area contributed by atoms with Gasteiger partial charge in [-0.1, -0.05) is 48.0 Å². The van der Waals surface area contributed by atoms with Crippen LogP contribution in [0.2, 0.25) is 5.02 Å². The number of aliphatic hydroxyl groups is 2. The summed E-state index contributed by atoms with van der Waals surface area (Å²) >= 11 is 7.42. The van der Waals surface area contributed by atoms with E-state index in [4.69, 9.17) is 27.2 Å². The van der Waals surface area contributed by atoms with Crippen LogP contribution in [0.4, 0.5) is 5.82 Å². The van der Waals surface area contributed by atoms with Gasteiger partial charge in [-0.15, -0.1) is 11.3 Å². The van der Waals surface area contributed by atoms with Crippen molar-refractivity contribution < 1.29 is 14.9 Å². The summed E-state index contributed by atoms with van der Waals surface area (Å²) in [5.41, 5.74) is 9.75. The van der Waals surface area contributed by atoms with Crippen molar-refractivity contribution in [1.29, 1.82) is 0 Å². The number of anilines is 1. The highest BCUT2D eigenvalue weighted by Gasteiger charge is 2.17. The van der Waals surface area contributed by atoms with Gasteiger partial charge in [-0.2, -0.15) is 0 Å². The molecule has 0 aliphatic carbocycles. The minimum Gasteiger partial charge on any atom is -0.489 e. The lowest BCUT2D eigenvalue weighted by Crippen LogP contribution is -2.24. The first-order valence-corrected chi connectivity index (χ1v) is 11.6. The second-order valence-electron chi connectivity index (χ2n) is 7.39. The van der Waals surface area contributed by atoms with Crippen LogP contribution in [-0.4, -0.2) is 28.3 Å². The van der Waals surface area contributed by atoms with Crippen LogP contribution in [0.1, 0.15) is 28.5 Å². The summed E-state index contributed by atoms with van der Waals surface area (Å²) < 4.78 is 6.89. The first-order valence-electron chi connectivity index (χ1n) is 10.4. The zero-order valence-corrected chi connectivity index (χ0v) is 19.3. The van der Waals surface area contributed by atoms with E-state index in [-0.39, 0.29) is 13.2 Å². The Hall–Kier alpha value is -2.94. The van der Waals surface area contributed by atoms with Gasteiger partial charge in [-0.05, 0) is 40.8 Å².